The van der Waals surface area contributed by atoms with Crippen LogP contribution in [0.4, 0.5) is 0 Å². The van der Waals surface area contributed by atoms with E-state index in [4.69, 9.17) is 15.2 Å². The zero-order chi connectivity index (χ0) is 15.1. The Balaban J connectivity index is 1.61. The molecule has 0 aliphatic heterocycles. The van der Waals surface area contributed by atoms with Crippen LogP contribution in [0.2, 0.25) is 0 Å². The molecule has 1 aliphatic rings. The van der Waals surface area contributed by atoms with Gasteiger partial charge in [-0.3, -0.25) is 0 Å². The van der Waals surface area contributed by atoms with Crippen LogP contribution in [0.1, 0.15) is 45.1 Å². The second kappa shape index (κ2) is 8.40. The Bertz CT molecular complexity index is 411. The predicted octanol–water partition coefficient (Wildman–Crippen LogP) is 3.76. The molecule has 0 heterocycles. The van der Waals surface area contributed by atoms with E-state index < -0.39 is 0 Å². The predicted molar refractivity (Wildman–Crippen MR) is 86.4 cm³/mol. The molecule has 1 aromatic carbocycles. The van der Waals surface area contributed by atoms with Gasteiger partial charge in [0.1, 0.15) is 5.75 Å². The minimum absolute atomic E-state index is 0.448. The SMILES string of the molecule is CC1CC(C)CC(OCCCOc2cccc(CN)c2)C1. The molecular formula is C18H29NO2. The van der Waals surface area contributed by atoms with Gasteiger partial charge < -0.3 is 15.2 Å². The van der Waals surface area contributed by atoms with E-state index in [1.807, 2.05) is 24.3 Å². The lowest BCUT2D eigenvalue weighted by atomic mass is 9.82. The molecule has 2 atom stereocenters. The number of benzene rings is 1. The summed E-state index contributed by atoms with van der Waals surface area (Å²) in [5.74, 6) is 2.50. The van der Waals surface area contributed by atoms with Crippen molar-refractivity contribution < 1.29 is 9.47 Å². The quantitative estimate of drug-likeness (QED) is 0.778. The molecule has 0 spiro atoms. The Morgan fingerprint density at radius 1 is 1.10 bits per heavy atom. The Kier molecular flexibility index (Phi) is 6.52. The van der Waals surface area contributed by atoms with Crippen LogP contribution in [0.25, 0.3) is 0 Å². The van der Waals surface area contributed by atoms with Crippen LogP contribution in [0, 0.1) is 11.8 Å². The fraction of sp³-hybridized carbons (Fsp3) is 0.667. The molecule has 0 bridgehead atoms. The highest BCUT2D eigenvalue weighted by atomic mass is 16.5. The van der Waals surface area contributed by atoms with Gasteiger partial charge >= 0.3 is 0 Å². The zero-order valence-electron chi connectivity index (χ0n) is 13.4. The number of rotatable bonds is 7. The maximum Gasteiger partial charge on any atom is 0.119 e. The summed E-state index contributed by atoms with van der Waals surface area (Å²) in [5, 5.41) is 0. The molecule has 0 saturated heterocycles. The molecule has 3 heteroatoms. The van der Waals surface area contributed by atoms with Crippen molar-refractivity contribution in [1.82, 2.24) is 0 Å². The average molecular weight is 291 g/mol. The highest BCUT2D eigenvalue weighted by Gasteiger charge is 2.24. The molecule has 3 nitrogen and oxygen atoms in total. The second-order valence-corrected chi connectivity index (χ2v) is 6.46. The number of nitrogens with two attached hydrogens (primary N) is 1. The van der Waals surface area contributed by atoms with Gasteiger partial charge in [0.05, 0.1) is 19.3 Å². The summed E-state index contributed by atoms with van der Waals surface area (Å²) in [6.07, 6.45) is 5.16. The molecular weight excluding hydrogens is 262 g/mol. The summed E-state index contributed by atoms with van der Waals surface area (Å²) in [6.45, 7) is 6.71. The lowest BCUT2D eigenvalue weighted by Crippen LogP contribution is -2.26. The summed E-state index contributed by atoms with van der Waals surface area (Å²) in [7, 11) is 0. The van der Waals surface area contributed by atoms with Crippen LogP contribution in [0.15, 0.2) is 24.3 Å². The van der Waals surface area contributed by atoms with E-state index in [2.05, 4.69) is 13.8 Å². The number of hydrogen-bond acceptors (Lipinski definition) is 3. The lowest BCUT2D eigenvalue weighted by molar-refractivity contribution is -0.00320. The van der Waals surface area contributed by atoms with Crippen LogP contribution in [-0.2, 0) is 11.3 Å². The first-order chi connectivity index (χ1) is 10.2. The van der Waals surface area contributed by atoms with Gasteiger partial charge in [-0.1, -0.05) is 26.0 Å². The standard InChI is InChI=1S/C18H29NO2/c1-14-9-15(2)11-18(10-14)21-8-4-7-20-17-6-3-5-16(12-17)13-19/h3,5-6,12,14-15,18H,4,7-11,13,19H2,1-2H3. The van der Waals surface area contributed by atoms with Gasteiger partial charge in [-0.2, -0.15) is 0 Å². The van der Waals surface area contributed by atoms with Crippen molar-refractivity contribution >= 4 is 0 Å². The van der Waals surface area contributed by atoms with Crippen LogP contribution < -0.4 is 10.5 Å². The third-order valence-corrected chi connectivity index (χ3v) is 4.18. The van der Waals surface area contributed by atoms with Crippen LogP contribution in [0.5, 0.6) is 5.75 Å². The van der Waals surface area contributed by atoms with E-state index in [0.29, 0.717) is 19.3 Å². The molecule has 1 aromatic rings. The fourth-order valence-corrected chi connectivity index (χ4v) is 3.27. The first kappa shape index (κ1) is 16.3. The van der Waals surface area contributed by atoms with Gasteiger partial charge in [0, 0.05) is 13.0 Å². The number of ether oxygens (including phenoxy) is 2. The molecule has 0 amide bonds. The van der Waals surface area contributed by atoms with Crippen molar-refractivity contribution in [3.8, 4) is 5.75 Å². The van der Waals surface area contributed by atoms with Gasteiger partial charge in [0.25, 0.3) is 0 Å². The van der Waals surface area contributed by atoms with Crippen molar-refractivity contribution in [2.75, 3.05) is 13.2 Å². The molecule has 118 valence electrons. The summed E-state index contributed by atoms with van der Waals surface area (Å²) in [5.41, 5.74) is 6.73. The van der Waals surface area contributed by atoms with E-state index in [1.54, 1.807) is 0 Å². The highest BCUT2D eigenvalue weighted by molar-refractivity contribution is 5.28. The van der Waals surface area contributed by atoms with Crippen LogP contribution >= 0.6 is 0 Å². The van der Waals surface area contributed by atoms with Gasteiger partial charge in [0.15, 0.2) is 0 Å². The average Bonchev–Trinajstić information content (AvgIpc) is 2.46. The molecule has 0 aromatic heterocycles. The topological polar surface area (TPSA) is 44.5 Å². The first-order valence-corrected chi connectivity index (χ1v) is 8.20. The third kappa shape index (κ3) is 5.68. The summed E-state index contributed by atoms with van der Waals surface area (Å²) >= 11 is 0. The molecule has 2 rings (SSSR count). The van der Waals surface area contributed by atoms with Crippen LogP contribution in [-0.4, -0.2) is 19.3 Å². The molecule has 0 radical (unpaired) electrons. The second-order valence-electron chi connectivity index (χ2n) is 6.46. The summed E-state index contributed by atoms with van der Waals surface area (Å²) in [4.78, 5) is 0. The normalized spacial score (nSPS) is 25.8. The summed E-state index contributed by atoms with van der Waals surface area (Å²) in [6, 6.07) is 7.98. The van der Waals surface area contributed by atoms with E-state index >= 15 is 0 Å². The van der Waals surface area contributed by atoms with Gasteiger partial charge in [-0.05, 0) is 48.8 Å². The zero-order valence-corrected chi connectivity index (χ0v) is 13.4. The Morgan fingerprint density at radius 3 is 2.57 bits per heavy atom. The van der Waals surface area contributed by atoms with E-state index in [1.165, 1.54) is 19.3 Å². The molecule has 1 aliphatic carbocycles. The number of hydrogen-bond donors (Lipinski definition) is 1. The molecule has 2 N–H and O–H groups in total. The van der Waals surface area contributed by atoms with Gasteiger partial charge in [0.2, 0.25) is 0 Å². The fourth-order valence-electron chi connectivity index (χ4n) is 3.27. The van der Waals surface area contributed by atoms with Crippen molar-refractivity contribution in [1.29, 1.82) is 0 Å². The van der Waals surface area contributed by atoms with E-state index in [0.717, 1.165) is 36.2 Å². The summed E-state index contributed by atoms with van der Waals surface area (Å²) < 4.78 is 11.8. The third-order valence-electron chi connectivity index (χ3n) is 4.18. The molecule has 21 heavy (non-hydrogen) atoms. The molecule has 1 fully saturated rings. The van der Waals surface area contributed by atoms with Gasteiger partial charge in [-0.25, -0.2) is 0 Å². The van der Waals surface area contributed by atoms with Crippen molar-refractivity contribution in [3.63, 3.8) is 0 Å². The smallest absolute Gasteiger partial charge is 0.119 e. The van der Waals surface area contributed by atoms with Crippen LogP contribution in [0.3, 0.4) is 0 Å². The minimum atomic E-state index is 0.448. The Hall–Kier alpha value is -1.06. The lowest BCUT2D eigenvalue weighted by Gasteiger charge is -2.31. The van der Waals surface area contributed by atoms with Crippen molar-refractivity contribution in [3.05, 3.63) is 29.8 Å². The maximum atomic E-state index is 6.01. The molecule has 1 saturated carbocycles. The van der Waals surface area contributed by atoms with E-state index in [-0.39, 0.29) is 0 Å². The first-order valence-electron chi connectivity index (χ1n) is 8.20. The van der Waals surface area contributed by atoms with Gasteiger partial charge in [-0.15, -0.1) is 0 Å². The molecule has 2 unspecified atom stereocenters. The largest absolute Gasteiger partial charge is 0.493 e. The van der Waals surface area contributed by atoms with Crippen molar-refractivity contribution in [2.45, 2.75) is 52.2 Å². The monoisotopic (exact) mass is 291 g/mol. The maximum absolute atomic E-state index is 6.01. The van der Waals surface area contributed by atoms with E-state index in [9.17, 15) is 0 Å². The van der Waals surface area contributed by atoms with Crippen molar-refractivity contribution in [2.24, 2.45) is 17.6 Å². The Morgan fingerprint density at radius 2 is 1.86 bits per heavy atom. The Labute approximate surface area is 128 Å². The highest BCUT2D eigenvalue weighted by Crippen LogP contribution is 2.30. The minimum Gasteiger partial charge on any atom is -0.493 e.